The summed E-state index contributed by atoms with van der Waals surface area (Å²) >= 11 is 0. The zero-order valence-electron chi connectivity index (χ0n) is 19.3. The Labute approximate surface area is 225 Å². The predicted molar refractivity (Wildman–Crippen MR) is 133 cm³/mol. The van der Waals surface area contributed by atoms with Crippen molar-refractivity contribution in [3.63, 3.8) is 0 Å². The van der Waals surface area contributed by atoms with Gasteiger partial charge in [0, 0.05) is 29.6 Å². The Balaban J connectivity index is 0.000000990. The van der Waals surface area contributed by atoms with Gasteiger partial charge in [0.2, 0.25) is 0 Å². The zero-order valence-corrected chi connectivity index (χ0v) is 21.7. The summed E-state index contributed by atoms with van der Waals surface area (Å²) in [5.41, 5.74) is 7.97. The van der Waals surface area contributed by atoms with E-state index in [1.165, 1.54) is 0 Å². The summed E-state index contributed by atoms with van der Waals surface area (Å²) in [5, 5.41) is 6.25. The average molecular weight is 642 g/mol. The molecule has 2 aromatic carbocycles. The summed E-state index contributed by atoms with van der Waals surface area (Å²) in [5.74, 6) is -0.200. The van der Waals surface area contributed by atoms with Crippen molar-refractivity contribution in [2.45, 2.75) is 18.3 Å². The quantitative estimate of drug-likeness (QED) is 0.223. The van der Waals surface area contributed by atoms with E-state index < -0.39 is 0 Å². The number of rotatable bonds is 2. The fourth-order valence-electron chi connectivity index (χ4n) is 4.60. The molecular weight excluding hydrogens is 621 g/mol. The Morgan fingerprint density at radius 1 is 0.556 bits per heavy atom. The van der Waals surface area contributed by atoms with Crippen molar-refractivity contribution in [1.82, 2.24) is 15.0 Å². The topological polar surface area (TPSA) is 62.5 Å². The molecule has 1 aliphatic rings. The smallest absolute Gasteiger partial charge is 0.512 e. The first-order valence-corrected chi connectivity index (χ1v) is 11.4. The molecule has 5 heteroatoms. The van der Waals surface area contributed by atoms with Crippen LogP contribution in [0.25, 0.3) is 0 Å². The van der Waals surface area contributed by atoms with Crippen LogP contribution in [0.3, 0.4) is 0 Å². The monoisotopic (exact) mass is 642 g/mol. The summed E-state index contributed by atoms with van der Waals surface area (Å²) in [6.07, 6.45) is 0.680. The molecule has 1 aliphatic heterocycles. The summed E-state index contributed by atoms with van der Waals surface area (Å²) in [6, 6.07) is 41.8. The van der Waals surface area contributed by atoms with Crippen LogP contribution in [0.15, 0.2) is 103 Å². The first kappa shape index (κ1) is 25.1. The Kier molecular flexibility index (Phi) is 8.13. The van der Waals surface area contributed by atoms with Gasteiger partial charge in [-0.05, 0) is 36.4 Å². The molecule has 0 spiro atoms. The van der Waals surface area contributed by atoms with E-state index in [2.05, 4.69) is 78.9 Å². The molecule has 3 aromatic heterocycles. The molecule has 0 aliphatic carbocycles. The van der Waals surface area contributed by atoms with E-state index in [-0.39, 0.29) is 31.9 Å². The van der Waals surface area contributed by atoms with Crippen LogP contribution in [0.4, 0.5) is 0 Å². The number of pyridine rings is 3. The molecule has 2 unspecified atom stereocenters. The van der Waals surface area contributed by atoms with Crippen LogP contribution in [0.5, 0.6) is 0 Å². The molecular formula is C31H21IrN4. The maximum Gasteiger partial charge on any atom is 3.00 e. The average Bonchev–Trinajstić information content (AvgIpc) is 2.92. The van der Waals surface area contributed by atoms with Gasteiger partial charge in [0.15, 0.2) is 0 Å². The van der Waals surface area contributed by atoms with Crippen molar-refractivity contribution in [2.24, 2.45) is 0 Å². The molecule has 0 amide bonds. The van der Waals surface area contributed by atoms with E-state index in [0.29, 0.717) is 6.42 Å². The summed E-state index contributed by atoms with van der Waals surface area (Å²) in [4.78, 5) is 15.3. The fourth-order valence-corrected chi connectivity index (χ4v) is 4.60. The van der Waals surface area contributed by atoms with Crippen LogP contribution in [-0.4, -0.2) is 15.0 Å². The number of fused-ring (bicyclic) bond motifs is 6. The molecule has 5 aromatic rings. The van der Waals surface area contributed by atoms with Gasteiger partial charge in [-0.25, -0.2) is 0 Å². The third-order valence-corrected chi connectivity index (χ3v) is 6.08. The maximum atomic E-state index is 6.25. The summed E-state index contributed by atoms with van der Waals surface area (Å²) in [6.45, 7) is 4.75. The minimum atomic E-state index is -0.0998. The Hall–Kier alpha value is -3.97. The van der Waals surface area contributed by atoms with Crippen molar-refractivity contribution in [3.8, 4) is 0 Å². The molecule has 0 radical (unpaired) electrons. The van der Waals surface area contributed by atoms with Crippen molar-refractivity contribution in [2.75, 3.05) is 0 Å². The SMILES string of the molecule is [C-]#N.[Ir+3].[c-]1ccccc1C1c2cccc(n2)Cc2cccc(n2)C(c2[c-]cccc2)c2cccc1n2. The minimum Gasteiger partial charge on any atom is -0.512 e. The molecule has 6 rings (SSSR count). The van der Waals surface area contributed by atoms with Crippen molar-refractivity contribution in [3.05, 3.63) is 167 Å². The Morgan fingerprint density at radius 3 is 1.39 bits per heavy atom. The van der Waals surface area contributed by atoms with Crippen LogP contribution >= 0.6 is 0 Å². The number of aromatic nitrogens is 3. The van der Waals surface area contributed by atoms with Gasteiger partial charge in [-0.1, -0.05) is 18.2 Å². The van der Waals surface area contributed by atoms with Gasteiger partial charge in [-0.2, -0.15) is 60.7 Å². The van der Waals surface area contributed by atoms with E-state index in [0.717, 1.165) is 45.3 Å². The second-order valence-corrected chi connectivity index (χ2v) is 8.27. The molecule has 0 saturated carbocycles. The molecule has 0 fully saturated rings. The largest absolute Gasteiger partial charge is 3.00 e. The van der Waals surface area contributed by atoms with Gasteiger partial charge < -0.3 is 11.8 Å². The second kappa shape index (κ2) is 11.6. The van der Waals surface area contributed by atoms with Crippen LogP contribution in [0, 0.1) is 24.0 Å². The minimum absolute atomic E-state index is 0. The molecule has 174 valence electrons. The first-order chi connectivity index (χ1) is 17.3. The van der Waals surface area contributed by atoms with Crippen molar-refractivity contribution in [1.29, 1.82) is 5.26 Å². The molecule has 36 heavy (non-hydrogen) atoms. The number of nitrogens with zero attached hydrogens (tertiary/aromatic N) is 4. The van der Waals surface area contributed by atoms with Crippen molar-refractivity contribution >= 4 is 0 Å². The van der Waals surface area contributed by atoms with Gasteiger partial charge in [-0.15, -0.1) is 11.1 Å². The van der Waals surface area contributed by atoms with E-state index in [4.69, 9.17) is 26.8 Å². The van der Waals surface area contributed by atoms with Gasteiger partial charge >= 0.3 is 20.1 Å². The van der Waals surface area contributed by atoms with Gasteiger partial charge in [0.05, 0.1) is 22.8 Å². The van der Waals surface area contributed by atoms with Crippen LogP contribution in [0.2, 0.25) is 0 Å². The van der Waals surface area contributed by atoms with Crippen molar-refractivity contribution < 1.29 is 20.1 Å². The Bertz CT molecular complexity index is 1350. The third kappa shape index (κ3) is 5.16. The van der Waals surface area contributed by atoms with Gasteiger partial charge in [0.25, 0.3) is 0 Å². The number of hydrogen-bond donors (Lipinski definition) is 0. The van der Waals surface area contributed by atoms with Crippen LogP contribution < -0.4 is 0 Å². The van der Waals surface area contributed by atoms with Crippen LogP contribution in [-0.2, 0) is 26.5 Å². The van der Waals surface area contributed by atoms with E-state index in [1.54, 1.807) is 0 Å². The fraction of sp³-hybridized carbons (Fsp3) is 0.0968. The molecule has 0 saturated heterocycles. The second-order valence-electron chi connectivity index (χ2n) is 8.27. The summed E-state index contributed by atoms with van der Waals surface area (Å²) in [7, 11) is 0. The van der Waals surface area contributed by atoms with Gasteiger partial charge in [-0.3, -0.25) is 15.0 Å². The maximum absolute atomic E-state index is 6.25. The normalized spacial score (nSPS) is 15.6. The molecule has 2 atom stereocenters. The van der Waals surface area contributed by atoms with Crippen LogP contribution in [0.1, 0.15) is 57.1 Å². The molecule has 4 nitrogen and oxygen atoms in total. The standard InChI is InChI=1S/C30H21N3.CN.Ir/c1-3-10-21(11-4-1)29-25-16-7-14-23(31-25)20-24-15-8-17-26(32-24)30(22-12-5-2-6-13-22)28-19-9-18-27(29)33-28;1-2;/h1-10,12,14-19,29-30H,20H2;;/q-2;-1;+3. The van der Waals surface area contributed by atoms with E-state index in [1.807, 2.05) is 36.4 Å². The predicted octanol–water partition coefficient (Wildman–Crippen LogP) is 5.83. The molecule has 0 N–H and O–H groups in total. The molecule has 6 bridgehead atoms. The summed E-state index contributed by atoms with van der Waals surface area (Å²) < 4.78 is 0. The van der Waals surface area contributed by atoms with Gasteiger partial charge in [0.1, 0.15) is 0 Å². The number of benzene rings is 2. The number of hydrogen-bond acceptors (Lipinski definition) is 4. The van der Waals surface area contributed by atoms with E-state index >= 15 is 0 Å². The zero-order chi connectivity index (χ0) is 24.0. The Morgan fingerprint density at radius 2 is 0.972 bits per heavy atom. The third-order valence-electron chi connectivity index (χ3n) is 6.08. The first-order valence-electron chi connectivity index (χ1n) is 11.4. The molecule has 4 heterocycles. The van der Waals surface area contributed by atoms with E-state index in [9.17, 15) is 0 Å².